The Morgan fingerprint density at radius 3 is 2.86 bits per heavy atom. The number of pyridine rings is 1. The van der Waals surface area contributed by atoms with Crippen LogP contribution >= 0.6 is 0 Å². The van der Waals surface area contributed by atoms with Crippen molar-refractivity contribution in [2.45, 2.75) is 45.6 Å². The Labute approximate surface area is 124 Å². The van der Waals surface area contributed by atoms with E-state index in [0.29, 0.717) is 5.92 Å². The molecular weight excluding hydrogens is 266 g/mol. The van der Waals surface area contributed by atoms with Gasteiger partial charge in [-0.2, -0.15) is 0 Å². The number of aliphatic carboxylic acids is 1. The summed E-state index contributed by atoms with van der Waals surface area (Å²) >= 11 is 0. The molecule has 1 fully saturated rings. The van der Waals surface area contributed by atoms with Crippen molar-refractivity contribution in [3.8, 4) is 0 Å². The number of carbonyl (C=O) groups is 1. The molecule has 5 heteroatoms. The predicted octanol–water partition coefficient (Wildman–Crippen LogP) is 3.23. The highest BCUT2D eigenvalue weighted by atomic mass is 16.4. The van der Waals surface area contributed by atoms with E-state index >= 15 is 0 Å². The number of imidazole rings is 1. The molecule has 5 nitrogen and oxygen atoms in total. The van der Waals surface area contributed by atoms with E-state index in [4.69, 9.17) is 4.98 Å². The van der Waals surface area contributed by atoms with Crippen molar-refractivity contribution in [2.24, 2.45) is 11.8 Å². The highest BCUT2D eigenvalue weighted by Crippen LogP contribution is 2.43. The van der Waals surface area contributed by atoms with Gasteiger partial charge in [0, 0.05) is 18.2 Å². The van der Waals surface area contributed by atoms with E-state index in [2.05, 4.69) is 30.3 Å². The van der Waals surface area contributed by atoms with Crippen LogP contribution in [0.2, 0.25) is 0 Å². The highest BCUT2D eigenvalue weighted by molar-refractivity contribution is 5.74. The first-order valence-electron chi connectivity index (χ1n) is 7.54. The summed E-state index contributed by atoms with van der Waals surface area (Å²) in [5.41, 5.74) is 1.70. The van der Waals surface area contributed by atoms with Gasteiger partial charge in [0.2, 0.25) is 0 Å². The third-order valence-corrected chi connectivity index (χ3v) is 4.44. The largest absolute Gasteiger partial charge is 0.481 e. The van der Waals surface area contributed by atoms with Crippen molar-refractivity contribution in [1.82, 2.24) is 14.5 Å². The molecule has 2 aromatic rings. The summed E-state index contributed by atoms with van der Waals surface area (Å²) in [5.74, 6) is 0.239. The van der Waals surface area contributed by atoms with E-state index < -0.39 is 5.97 Å². The van der Waals surface area contributed by atoms with Crippen molar-refractivity contribution < 1.29 is 9.90 Å². The van der Waals surface area contributed by atoms with Gasteiger partial charge in [-0.3, -0.25) is 4.79 Å². The smallest absolute Gasteiger partial charge is 0.307 e. The Kier molecular flexibility index (Phi) is 3.43. The third-order valence-electron chi connectivity index (χ3n) is 4.44. The van der Waals surface area contributed by atoms with Crippen LogP contribution in [0.15, 0.2) is 18.3 Å². The highest BCUT2D eigenvalue weighted by Gasteiger charge is 2.40. The zero-order chi connectivity index (χ0) is 15.1. The van der Waals surface area contributed by atoms with Crippen LogP contribution in [0.3, 0.4) is 0 Å². The van der Waals surface area contributed by atoms with Gasteiger partial charge in [0.1, 0.15) is 11.3 Å². The van der Waals surface area contributed by atoms with Crippen molar-refractivity contribution in [2.75, 3.05) is 0 Å². The average molecular weight is 287 g/mol. The van der Waals surface area contributed by atoms with Gasteiger partial charge in [-0.15, -0.1) is 0 Å². The molecule has 0 aliphatic heterocycles. The first-order chi connectivity index (χ1) is 9.99. The number of rotatable bonds is 3. The van der Waals surface area contributed by atoms with Gasteiger partial charge in [0.05, 0.1) is 5.92 Å². The first kappa shape index (κ1) is 14.0. The second kappa shape index (κ2) is 5.13. The molecular formula is C16H21N3O2. The molecule has 1 saturated carbocycles. The molecule has 3 rings (SSSR count). The van der Waals surface area contributed by atoms with Gasteiger partial charge in [-0.25, -0.2) is 9.97 Å². The van der Waals surface area contributed by atoms with Crippen LogP contribution in [0.1, 0.15) is 51.4 Å². The lowest BCUT2D eigenvalue weighted by molar-refractivity contribution is -0.142. The first-order valence-corrected chi connectivity index (χ1v) is 7.54. The fraction of sp³-hybridized carbons (Fsp3) is 0.562. The summed E-state index contributed by atoms with van der Waals surface area (Å²) < 4.78 is 2.11. The van der Waals surface area contributed by atoms with Crippen molar-refractivity contribution in [3.05, 3.63) is 24.2 Å². The van der Waals surface area contributed by atoms with E-state index in [0.717, 1.165) is 29.8 Å². The van der Waals surface area contributed by atoms with Gasteiger partial charge in [0.25, 0.3) is 0 Å². The fourth-order valence-electron chi connectivity index (χ4n) is 3.57. The molecule has 0 aromatic carbocycles. The van der Waals surface area contributed by atoms with E-state index in [-0.39, 0.29) is 17.9 Å². The average Bonchev–Trinajstić information content (AvgIpc) is 2.98. The molecule has 0 bridgehead atoms. The van der Waals surface area contributed by atoms with Crippen LogP contribution in [-0.2, 0) is 4.79 Å². The summed E-state index contributed by atoms with van der Waals surface area (Å²) in [6.07, 6.45) is 3.38. The Balaban J connectivity index is 2.15. The number of nitrogens with zero attached hydrogens (tertiary/aromatic N) is 3. The molecule has 3 unspecified atom stereocenters. The molecule has 0 amide bonds. The monoisotopic (exact) mass is 287 g/mol. The fourth-order valence-corrected chi connectivity index (χ4v) is 3.57. The quantitative estimate of drug-likeness (QED) is 0.941. The van der Waals surface area contributed by atoms with Gasteiger partial charge < -0.3 is 9.67 Å². The topological polar surface area (TPSA) is 68.0 Å². The van der Waals surface area contributed by atoms with Gasteiger partial charge in [-0.1, -0.05) is 6.92 Å². The molecule has 21 heavy (non-hydrogen) atoms. The van der Waals surface area contributed by atoms with Crippen molar-refractivity contribution in [3.63, 3.8) is 0 Å². The minimum Gasteiger partial charge on any atom is -0.481 e. The van der Waals surface area contributed by atoms with Crippen LogP contribution in [-0.4, -0.2) is 25.6 Å². The standard InChI is InChI=1S/C16H21N3O2/c1-9(2)19-14(18-13-5-4-6-17-15(13)19)11-7-10(3)8-12(11)16(20)21/h4-6,9-12H,7-8H2,1-3H3,(H,20,21). The van der Waals surface area contributed by atoms with E-state index in [1.54, 1.807) is 6.20 Å². The molecule has 1 N–H and O–H groups in total. The second-order valence-electron chi connectivity index (χ2n) is 6.41. The molecule has 112 valence electrons. The third kappa shape index (κ3) is 2.30. The van der Waals surface area contributed by atoms with Gasteiger partial charge >= 0.3 is 5.97 Å². The predicted molar refractivity (Wildman–Crippen MR) is 80.2 cm³/mol. The van der Waals surface area contributed by atoms with Gasteiger partial charge in [0.15, 0.2) is 5.65 Å². The van der Waals surface area contributed by atoms with E-state index in [9.17, 15) is 9.90 Å². The van der Waals surface area contributed by atoms with Gasteiger partial charge in [-0.05, 0) is 44.7 Å². The molecule has 0 spiro atoms. The lowest BCUT2D eigenvalue weighted by atomic mass is 9.95. The van der Waals surface area contributed by atoms with E-state index in [1.165, 1.54) is 0 Å². The number of hydrogen-bond acceptors (Lipinski definition) is 3. The second-order valence-corrected chi connectivity index (χ2v) is 6.41. The molecule has 1 aliphatic carbocycles. The minimum atomic E-state index is -0.709. The zero-order valence-electron chi connectivity index (χ0n) is 12.7. The summed E-state index contributed by atoms with van der Waals surface area (Å²) in [6, 6.07) is 4.03. The Hall–Kier alpha value is -1.91. The van der Waals surface area contributed by atoms with Crippen molar-refractivity contribution in [1.29, 1.82) is 0 Å². The Morgan fingerprint density at radius 1 is 1.43 bits per heavy atom. The number of carboxylic acids is 1. The Morgan fingerprint density at radius 2 is 2.19 bits per heavy atom. The van der Waals surface area contributed by atoms with E-state index in [1.807, 2.05) is 12.1 Å². The number of carboxylic acid groups (broad SMARTS) is 1. The molecule has 1 aliphatic rings. The summed E-state index contributed by atoms with van der Waals surface area (Å²) in [4.78, 5) is 20.7. The van der Waals surface area contributed by atoms with Crippen LogP contribution < -0.4 is 0 Å². The maximum Gasteiger partial charge on any atom is 0.307 e. The zero-order valence-corrected chi connectivity index (χ0v) is 12.7. The molecule has 3 atom stereocenters. The lowest BCUT2D eigenvalue weighted by Gasteiger charge is -2.19. The minimum absolute atomic E-state index is 0.0194. The molecule has 0 radical (unpaired) electrons. The maximum atomic E-state index is 11.6. The number of fused-ring (bicyclic) bond motifs is 1. The van der Waals surface area contributed by atoms with Crippen LogP contribution in [0, 0.1) is 11.8 Å². The Bertz CT molecular complexity index is 677. The maximum absolute atomic E-state index is 11.6. The summed E-state index contributed by atoms with van der Waals surface area (Å²) in [7, 11) is 0. The number of aromatic nitrogens is 3. The van der Waals surface area contributed by atoms with Crippen molar-refractivity contribution >= 4 is 17.1 Å². The summed E-state index contributed by atoms with van der Waals surface area (Å²) in [6.45, 7) is 6.30. The molecule has 2 heterocycles. The lowest BCUT2D eigenvalue weighted by Crippen LogP contribution is -2.20. The normalized spacial score (nSPS) is 25.8. The molecule has 0 saturated heterocycles. The SMILES string of the molecule is CC1CC(C(=O)O)C(c2nc3cccnc3n2C(C)C)C1. The molecule has 2 aromatic heterocycles. The van der Waals surface area contributed by atoms with Crippen LogP contribution in [0.25, 0.3) is 11.2 Å². The van der Waals surface area contributed by atoms with Crippen LogP contribution in [0.5, 0.6) is 0 Å². The number of hydrogen-bond donors (Lipinski definition) is 1. The van der Waals surface area contributed by atoms with Crippen LogP contribution in [0.4, 0.5) is 0 Å². The summed E-state index contributed by atoms with van der Waals surface area (Å²) in [5, 5.41) is 9.51.